The molecule has 0 bridgehead atoms. The molecule has 0 unspecified atom stereocenters. The molecule has 0 fully saturated rings. The Morgan fingerprint density at radius 3 is 2.00 bits per heavy atom. The van der Waals surface area contributed by atoms with Crippen LogP contribution < -0.4 is 0 Å². The molecule has 0 heterocycles. The van der Waals surface area contributed by atoms with Crippen LogP contribution in [0.4, 0.5) is 5.69 Å². The third-order valence-electron chi connectivity index (χ3n) is 4.90. The number of aryl methyl sites for hydroxylation is 2. The van der Waals surface area contributed by atoms with Crippen LogP contribution in [0.25, 0.3) is 11.1 Å². The van der Waals surface area contributed by atoms with Gasteiger partial charge in [-0.2, -0.15) is 0 Å². The predicted octanol–water partition coefficient (Wildman–Crippen LogP) is 6.72. The lowest BCUT2D eigenvalue weighted by Crippen LogP contribution is -2.10. The van der Waals surface area contributed by atoms with Gasteiger partial charge < -0.3 is 5.11 Å². The fourth-order valence-corrected chi connectivity index (χ4v) is 3.30. The van der Waals surface area contributed by atoms with E-state index in [0.717, 1.165) is 33.5 Å². The summed E-state index contributed by atoms with van der Waals surface area (Å²) < 4.78 is 0. The van der Waals surface area contributed by atoms with E-state index < -0.39 is 0 Å². The standard InChI is InChI=1S/C25H27NO/c1-17-8-6-9-18(2)23(17)22-11-7-10-19(24(22)27)16-26-21-14-12-20(13-15-21)25(3,4)5/h6-16,27H,1-5H3. The van der Waals surface area contributed by atoms with Crippen LogP contribution in [0.3, 0.4) is 0 Å². The topological polar surface area (TPSA) is 32.6 Å². The summed E-state index contributed by atoms with van der Waals surface area (Å²) in [5, 5.41) is 10.8. The summed E-state index contributed by atoms with van der Waals surface area (Å²) in [5.41, 5.74) is 7.23. The van der Waals surface area contributed by atoms with E-state index in [1.165, 1.54) is 5.56 Å². The second-order valence-corrected chi connectivity index (χ2v) is 8.07. The van der Waals surface area contributed by atoms with Crippen LogP contribution >= 0.6 is 0 Å². The quantitative estimate of drug-likeness (QED) is 0.518. The van der Waals surface area contributed by atoms with Gasteiger partial charge in [0.05, 0.1) is 5.69 Å². The maximum absolute atomic E-state index is 10.8. The van der Waals surface area contributed by atoms with E-state index >= 15 is 0 Å². The smallest absolute Gasteiger partial charge is 0.132 e. The Balaban J connectivity index is 1.94. The summed E-state index contributed by atoms with van der Waals surface area (Å²) in [5.74, 6) is 0.268. The van der Waals surface area contributed by atoms with E-state index in [9.17, 15) is 5.11 Å². The number of phenols is 1. The first-order valence-electron chi connectivity index (χ1n) is 9.30. The van der Waals surface area contributed by atoms with Gasteiger partial charge in [-0.3, -0.25) is 4.99 Å². The van der Waals surface area contributed by atoms with Gasteiger partial charge in [0.15, 0.2) is 0 Å². The van der Waals surface area contributed by atoms with Gasteiger partial charge in [0.1, 0.15) is 5.75 Å². The average Bonchev–Trinajstić information content (AvgIpc) is 2.61. The number of aliphatic imine (C=N–C) groups is 1. The van der Waals surface area contributed by atoms with Crippen molar-refractivity contribution in [2.75, 3.05) is 0 Å². The fourth-order valence-electron chi connectivity index (χ4n) is 3.30. The number of hydrogen-bond acceptors (Lipinski definition) is 2. The highest BCUT2D eigenvalue weighted by Crippen LogP contribution is 2.35. The van der Waals surface area contributed by atoms with Crippen molar-refractivity contribution in [2.24, 2.45) is 4.99 Å². The molecule has 2 heteroatoms. The van der Waals surface area contributed by atoms with E-state index in [-0.39, 0.29) is 11.2 Å². The minimum absolute atomic E-state index is 0.125. The second kappa shape index (κ2) is 7.40. The lowest BCUT2D eigenvalue weighted by atomic mass is 9.87. The molecule has 0 aromatic heterocycles. The molecule has 138 valence electrons. The molecular formula is C25H27NO. The minimum Gasteiger partial charge on any atom is -0.507 e. The van der Waals surface area contributed by atoms with E-state index in [1.807, 2.05) is 36.4 Å². The van der Waals surface area contributed by atoms with Gasteiger partial charge in [-0.15, -0.1) is 0 Å². The summed E-state index contributed by atoms with van der Waals surface area (Å²) >= 11 is 0. The van der Waals surface area contributed by atoms with Gasteiger partial charge in [0.2, 0.25) is 0 Å². The Hall–Kier alpha value is -2.87. The van der Waals surface area contributed by atoms with Crippen LogP contribution in [-0.2, 0) is 5.41 Å². The third kappa shape index (κ3) is 4.11. The molecule has 0 amide bonds. The highest BCUT2D eigenvalue weighted by atomic mass is 16.3. The maximum Gasteiger partial charge on any atom is 0.132 e. The SMILES string of the molecule is Cc1cccc(C)c1-c1cccc(C=Nc2ccc(C(C)(C)C)cc2)c1O. The summed E-state index contributed by atoms with van der Waals surface area (Å²) in [6.07, 6.45) is 1.73. The van der Waals surface area contributed by atoms with Crippen molar-refractivity contribution < 1.29 is 5.11 Å². The van der Waals surface area contributed by atoms with Gasteiger partial charge in [0, 0.05) is 17.3 Å². The molecule has 0 atom stereocenters. The van der Waals surface area contributed by atoms with Crippen molar-refractivity contribution in [1.82, 2.24) is 0 Å². The Labute approximate surface area is 162 Å². The van der Waals surface area contributed by atoms with Crippen LogP contribution in [0.2, 0.25) is 0 Å². The summed E-state index contributed by atoms with van der Waals surface area (Å²) in [6, 6.07) is 20.2. The zero-order valence-corrected chi connectivity index (χ0v) is 16.7. The van der Waals surface area contributed by atoms with Crippen molar-refractivity contribution in [1.29, 1.82) is 0 Å². The van der Waals surface area contributed by atoms with Gasteiger partial charge in [0.25, 0.3) is 0 Å². The van der Waals surface area contributed by atoms with Crippen LogP contribution in [0, 0.1) is 13.8 Å². The lowest BCUT2D eigenvalue weighted by molar-refractivity contribution is 0.476. The monoisotopic (exact) mass is 357 g/mol. The molecule has 27 heavy (non-hydrogen) atoms. The van der Waals surface area contributed by atoms with E-state index in [0.29, 0.717) is 0 Å². The Bertz CT molecular complexity index is 956. The Morgan fingerprint density at radius 1 is 0.815 bits per heavy atom. The zero-order valence-electron chi connectivity index (χ0n) is 16.7. The maximum atomic E-state index is 10.8. The highest BCUT2D eigenvalue weighted by Gasteiger charge is 2.13. The molecule has 0 radical (unpaired) electrons. The molecule has 0 aliphatic carbocycles. The van der Waals surface area contributed by atoms with E-state index in [1.54, 1.807) is 6.21 Å². The molecule has 3 aromatic rings. The Kier molecular flexibility index (Phi) is 5.18. The summed E-state index contributed by atoms with van der Waals surface area (Å²) in [6.45, 7) is 10.7. The van der Waals surface area contributed by atoms with Crippen molar-refractivity contribution in [2.45, 2.75) is 40.0 Å². The molecule has 0 aliphatic rings. The van der Waals surface area contributed by atoms with Crippen molar-refractivity contribution >= 4 is 11.9 Å². The van der Waals surface area contributed by atoms with Gasteiger partial charge in [-0.25, -0.2) is 0 Å². The van der Waals surface area contributed by atoms with Gasteiger partial charge in [-0.1, -0.05) is 63.2 Å². The minimum atomic E-state index is 0.125. The Morgan fingerprint density at radius 2 is 1.41 bits per heavy atom. The molecule has 1 N–H and O–H groups in total. The van der Waals surface area contributed by atoms with Crippen LogP contribution in [0.1, 0.15) is 43.0 Å². The number of phenolic OH excluding ortho intramolecular Hbond substituents is 1. The predicted molar refractivity (Wildman–Crippen MR) is 115 cm³/mol. The number of rotatable bonds is 3. The molecule has 3 aromatic carbocycles. The molecular weight excluding hydrogens is 330 g/mol. The number of benzene rings is 3. The number of nitrogens with zero attached hydrogens (tertiary/aromatic N) is 1. The molecule has 0 saturated heterocycles. The van der Waals surface area contributed by atoms with Crippen LogP contribution in [-0.4, -0.2) is 11.3 Å². The van der Waals surface area contributed by atoms with Crippen molar-refractivity contribution in [3.8, 4) is 16.9 Å². The van der Waals surface area contributed by atoms with Crippen molar-refractivity contribution in [3.63, 3.8) is 0 Å². The first-order valence-corrected chi connectivity index (χ1v) is 9.30. The molecule has 0 saturated carbocycles. The number of hydrogen-bond donors (Lipinski definition) is 1. The first kappa shape index (κ1) is 18.9. The molecule has 2 nitrogen and oxygen atoms in total. The molecule has 0 aliphatic heterocycles. The largest absolute Gasteiger partial charge is 0.507 e. The van der Waals surface area contributed by atoms with Gasteiger partial charge >= 0.3 is 0 Å². The number of para-hydroxylation sites is 1. The number of aromatic hydroxyl groups is 1. The zero-order chi connectivity index (χ0) is 19.6. The van der Waals surface area contributed by atoms with E-state index in [2.05, 4.69) is 63.9 Å². The second-order valence-electron chi connectivity index (χ2n) is 8.07. The lowest BCUT2D eigenvalue weighted by Gasteiger charge is -2.18. The summed E-state index contributed by atoms with van der Waals surface area (Å²) in [4.78, 5) is 4.56. The van der Waals surface area contributed by atoms with E-state index in [4.69, 9.17) is 0 Å². The molecule has 0 spiro atoms. The molecule has 3 rings (SSSR count). The third-order valence-corrected chi connectivity index (χ3v) is 4.90. The van der Waals surface area contributed by atoms with Crippen molar-refractivity contribution in [3.05, 3.63) is 82.9 Å². The highest BCUT2D eigenvalue weighted by molar-refractivity contribution is 5.90. The normalized spacial score (nSPS) is 11.9. The average molecular weight is 357 g/mol. The van der Waals surface area contributed by atoms with Crippen LogP contribution in [0.15, 0.2) is 65.7 Å². The fraction of sp³-hybridized carbons (Fsp3) is 0.240. The first-order chi connectivity index (χ1) is 12.8. The van der Waals surface area contributed by atoms with Gasteiger partial charge in [-0.05, 0) is 59.7 Å². The van der Waals surface area contributed by atoms with Crippen LogP contribution in [0.5, 0.6) is 5.75 Å². The summed E-state index contributed by atoms with van der Waals surface area (Å²) in [7, 11) is 0.